The van der Waals surface area contributed by atoms with Crippen LogP contribution in [0.2, 0.25) is 0 Å². The molecule has 1 unspecified atom stereocenters. The summed E-state index contributed by atoms with van der Waals surface area (Å²) < 4.78 is 5.58. The molecular weight excluding hydrogens is 202 g/mol. The third-order valence-corrected chi connectivity index (χ3v) is 2.62. The maximum Gasteiger partial charge on any atom is 0.258 e. The Morgan fingerprint density at radius 3 is 2.56 bits per heavy atom. The minimum absolute atomic E-state index is 0.403. The van der Waals surface area contributed by atoms with Gasteiger partial charge in [-0.15, -0.1) is 0 Å². The molecule has 0 radical (unpaired) electrons. The van der Waals surface area contributed by atoms with E-state index in [0.29, 0.717) is 12.2 Å². The van der Waals surface area contributed by atoms with E-state index < -0.39 is 12.0 Å². The highest BCUT2D eigenvalue weighted by Gasteiger charge is 2.15. The van der Waals surface area contributed by atoms with Gasteiger partial charge in [0.25, 0.3) is 5.91 Å². The summed E-state index contributed by atoms with van der Waals surface area (Å²) in [6.07, 6.45) is 1.01. The van der Waals surface area contributed by atoms with Crippen molar-refractivity contribution in [3.8, 4) is 5.75 Å². The van der Waals surface area contributed by atoms with Crippen molar-refractivity contribution in [2.24, 2.45) is 5.73 Å². The fourth-order valence-electron chi connectivity index (χ4n) is 1.47. The molecule has 0 bridgehead atoms. The van der Waals surface area contributed by atoms with Crippen molar-refractivity contribution in [3.05, 3.63) is 29.3 Å². The predicted octanol–water partition coefficient (Wildman–Crippen LogP) is 2.34. The Labute approximate surface area is 96.6 Å². The molecular formula is C13H19NO2. The number of hydrogen-bond acceptors (Lipinski definition) is 2. The van der Waals surface area contributed by atoms with Crippen molar-refractivity contribution in [2.45, 2.75) is 39.7 Å². The standard InChI is InChI=1S/C13H19NO2/c1-4-5-12(13(14)15)16-11-7-6-9(2)10(3)8-11/h6-8,12H,4-5H2,1-3H3,(H2,14,15). The first-order valence-electron chi connectivity index (χ1n) is 5.57. The Bertz CT molecular complexity index is 374. The highest BCUT2D eigenvalue weighted by atomic mass is 16.5. The average molecular weight is 221 g/mol. The number of aryl methyl sites for hydroxylation is 2. The number of carbonyl (C=O) groups is 1. The maximum absolute atomic E-state index is 11.1. The molecule has 0 aliphatic rings. The van der Waals surface area contributed by atoms with Gasteiger partial charge in [-0.2, -0.15) is 0 Å². The average Bonchev–Trinajstić information content (AvgIpc) is 2.22. The molecule has 3 heteroatoms. The molecule has 2 N–H and O–H groups in total. The van der Waals surface area contributed by atoms with Crippen LogP contribution in [0.1, 0.15) is 30.9 Å². The summed E-state index contributed by atoms with van der Waals surface area (Å²) in [7, 11) is 0. The van der Waals surface area contributed by atoms with Crippen molar-refractivity contribution < 1.29 is 9.53 Å². The number of nitrogens with two attached hydrogens (primary N) is 1. The van der Waals surface area contributed by atoms with Crippen molar-refractivity contribution >= 4 is 5.91 Å². The molecule has 1 amide bonds. The summed E-state index contributed by atoms with van der Waals surface area (Å²) in [5.41, 5.74) is 7.63. The van der Waals surface area contributed by atoms with E-state index in [1.807, 2.05) is 39.0 Å². The lowest BCUT2D eigenvalue weighted by Gasteiger charge is -2.16. The largest absolute Gasteiger partial charge is 0.481 e. The van der Waals surface area contributed by atoms with E-state index in [0.717, 1.165) is 12.0 Å². The lowest BCUT2D eigenvalue weighted by atomic mass is 10.1. The minimum atomic E-state index is -0.521. The molecule has 1 atom stereocenters. The normalized spacial score (nSPS) is 12.2. The van der Waals surface area contributed by atoms with Crippen LogP contribution in [0.3, 0.4) is 0 Å². The lowest BCUT2D eigenvalue weighted by Crippen LogP contribution is -2.33. The van der Waals surface area contributed by atoms with Crippen LogP contribution in [0.15, 0.2) is 18.2 Å². The van der Waals surface area contributed by atoms with Crippen molar-refractivity contribution in [2.75, 3.05) is 0 Å². The molecule has 0 aliphatic heterocycles. The Kier molecular flexibility index (Phi) is 4.35. The van der Waals surface area contributed by atoms with Gasteiger partial charge in [0.1, 0.15) is 5.75 Å². The second-order valence-corrected chi connectivity index (χ2v) is 4.04. The molecule has 0 spiro atoms. The number of ether oxygens (including phenoxy) is 1. The molecule has 0 aliphatic carbocycles. The Balaban J connectivity index is 2.77. The van der Waals surface area contributed by atoms with Gasteiger partial charge in [0.15, 0.2) is 6.10 Å². The molecule has 1 aromatic rings. The Morgan fingerprint density at radius 1 is 1.38 bits per heavy atom. The van der Waals surface area contributed by atoms with E-state index in [9.17, 15) is 4.79 Å². The molecule has 1 rings (SSSR count). The summed E-state index contributed by atoms with van der Waals surface area (Å²) >= 11 is 0. The Hall–Kier alpha value is -1.51. The summed E-state index contributed by atoms with van der Waals surface area (Å²) in [5.74, 6) is 0.306. The smallest absolute Gasteiger partial charge is 0.258 e. The monoisotopic (exact) mass is 221 g/mol. The highest BCUT2D eigenvalue weighted by molar-refractivity contribution is 5.79. The fraction of sp³-hybridized carbons (Fsp3) is 0.462. The van der Waals surface area contributed by atoms with Crippen LogP contribution in [0, 0.1) is 13.8 Å². The number of rotatable bonds is 5. The van der Waals surface area contributed by atoms with Gasteiger partial charge >= 0.3 is 0 Å². The van der Waals surface area contributed by atoms with Crippen LogP contribution in [0.5, 0.6) is 5.75 Å². The topological polar surface area (TPSA) is 52.3 Å². The highest BCUT2D eigenvalue weighted by Crippen LogP contribution is 2.18. The molecule has 1 aromatic carbocycles. The van der Waals surface area contributed by atoms with Gasteiger partial charge in [-0.3, -0.25) is 4.79 Å². The number of carbonyl (C=O) groups excluding carboxylic acids is 1. The summed E-state index contributed by atoms with van der Waals surface area (Å²) in [6, 6.07) is 5.78. The first-order chi connectivity index (χ1) is 7.54. The molecule has 3 nitrogen and oxygen atoms in total. The van der Waals surface area contributed by atoms with Gasteiger partial charge in [0, 0.05) is 0 Å². The van der Waals surface area contributed by atoms with Crippen LogP contribution >= 0.6 is 0 Å². The molecule has 0 fully saturated rings. The van der Waals surface area contributed by atoms with Gasteiger partial charge in [-0.05, 0) is 43.5 Å². The van der Waals surface area contributed by atoms with Gasteiger partial charge in [-0.1, -0.05) is 19.4 Å². The maximum atomic E-state index is 11.1. The van der Waals surface area contributed by atoms with Crippen LogP contribution < -0.4 is 10.5 Å². The zero-order chi connectivity index (χ0) is 12.1. The summed E-state index contributed by atoms with van der Waals surface area (Å²) in [5, 5.41) is 0. The van der Waals surface area contributed by atoms with E-state index in [-0.39, 0.29) is 0 Å². The van der Waals surface area contributed by atoms with Crippen molar-refractivity contribution in [3.63, 3.8) is 0 Å². The number of amides is 1. The zero-order valence-corrected chi connectivity index (χ0v) is 10.1. The van der Waals surface area contributed by atoms with Crippen LogP contribution in [0.25, 0.3) is 0 Å². The number of primary amides is 1. The SMILES string of the molecule is CCCC(Oc1ccc(C)c(C)c1)C(N)=O. The molecule has 0 saturated heterocycles. The second kappa shape index (κ2) is 5.54. The van der Waals surface area contributed by atoms with E-state index in [1.54, 1.807) is 0 Å². The number of hydrogen-bond donors (Lipinski definition) is 1. The Morgan fingerprint density at radius 2 is 2.06 bits per heavy atom. The molecule has 16 heavy (non-hydrogen) atoms. The third-order valence-electron chi connectivity index (χ3n) is 2.62. The lowest BCUT2D eigenvalue weighted by molar-refractivity contribution is -0.125. The van der Waals surface area contributed by atoms with Crippen molar-refractivity contribution in [1.29, 1.82) is 0 Å². The fourth-order valence-corrected chi connectivity index (χ4v) is 1.47. The molecule has 0 heterocycles. The van der Waals surface area contributed by atoms with Crippen molar-refractivity contribution in [1.82, 2.24) is 0 Å². The second-order valence-electron chi connectivity index (χ2n) is 4.04. The molecule has 88 valence electrons. The summed E-state index contributed by atoms with van der Waals surface area (Å²) in [4.78, 5) is 11.1. The first kappa shape index (κ1) is 12.6. The third kappa shape index (κ3) is 3.26. The van der Waals surface area contributed by atoms with Gasteiger partial charge in [-0.25, -0.2) is 0 Å². The van der Waals surface area contributed by atoms with Gasteiger partial charge in [0.2, 0.25) is 0 Å². The van der Waals surface area contributed by atoms with Crippen LogP contribution in [-0.4, -0.2) is 12.0 Å². The molecule has 0 aromatic heterocycles. The van der Waals surface area contributed by atoms with Crippen LogP contribution in [-0.2, 0) is 4.79 Å². The molecule has 0 saturated carbocycles. The van der Waals surface area contributed by atoms with Gasteiger partial charge in [0.05, 0.1) is 0 Å². The zero-order valence-electron chi connectivity index (χ0n) is 10.1. The first-order valence-corrected chi connectivity index (χ1v) is 5.57. The predicted molar refractivity (Wildman–Crippen MR) is 64.4 cm³/mol. The minimum Gasteiger partial charge on any atom is -0.481 e. The van der Waals surface area contributed by atoms with E-state index >= 15 is 0 Å². The summed E-state index contributed by atoms with van der Waals surface area (Å²) in [6.45, 7) is 6.05. The van der Waals surface area contributed by atoms with E-state index in [2.05, 4.69) is 0 Å². The van der Waals surface area contributed by atoms with E-state index in [4.69, 9.17) is 10.5 Å². The van der Waals surface area contributed by atoms with E-state index in [1.165, 1.54) is 5.56 Å². The quantitative estimate of drug-likeness (QED) is 0.829. The van der Waals surface area contributed by atoms with Crippen LogP contribution in [0.4, 0.5) is 0 Å². The van der Waals surface area contributed by atoms with Gasteiger partial charge < -0.3 is 10.5 Å². The number of benzene rings is 1.